The number of nitrogens with one attached hydrogen (secondary N) is 3. The lowest BCUT2D eigenvalue weighted by Crippen LogP contribution is -2.29. The van der Waals surface area contributed by atoms with Gasteiger partial charge in [0.2, 0.25) is 0 Å². The zero-order valence-electron chi connectivity index (χ0n) is 38.6. The second kappa shape index (κ2) is 37.5. The van der Waals surface area contributed by atoms with E-state index in [9.17, 15) is 33.6 Å². The summed E-state index contributed by atoms with van der Waals surface area (Å²) in [5, 5.41) is 52.2. The summed E-state index contributed by atoms with van der Waals surface area (Å²) in [5.41, 5.74) is 11.2. The molecule has 3 heterocycles. The predicted molar refractivity (Wildman–Crippen MR) is 237 cm³/mol. The first-order valence-corrected chi connectivity index (χ1v) is 21.7. The molecule has 3 amide bonds. The highest BCUT2D eigenvalue weighted by molar-refractivity contribution is 6.66. The van der Waals surface area contributed by atoms with Crippen LogP contribution in [-0.4, -0.2) is 162 Å². The lowest BCUT2D eigenvalue weighted by Gasteiger charge is -2.12. The number of ether oxygens (including phenoxy) is 3. The molecule has 0 fully saturated rings. The highest BCUT2D eigenvalue weighted by Crippen LogP contribution is 2.14. The molecule has 0 aliphatic rings. The van der Waals surface area contributed by atoms with Crippen molar-refractivity contribution in [3.63, 3.8) is 0 Å². The average molecular weight is 941 g/mol. The highest BCUT2D eigenvalue weighted by Gasteiger charge is 2.14. The van der Waals surface area contributed by atoms with Crippen LogP contribution in [0.1, 0.15) is 102 Å². The van der Waals surface area contributed by atoms with Gasteiger partial charge in [0, 0.05) is 44.8 Å². The highest BCUT2D eigenvalue weighted by atomic mass is 16.6. The maximum atomic E-state index is 11.5. The SMILES string of the molecule is CC(=O)C(C[B]C=O)CCCCNC(=O)OCCc1nncnn1.CC(=O)C(N)CCCCNC(=O)OCCc1nnc(C)nn1.CC(=O)C(N)CCCCNC(=O)OCCc1nncnn1. The summed E-state index contributed by atoms with van der Waals surface area (Å²) in [7, 11) is 1.46. The molecule has 0 aliphatic heterocycles. The van der Waals surface area contributed by atoms with Crippen LogP contribution in [0.4, 0.5) is 14.4 Å². The number of hydrogen-bond donors (Lipinski definition) is 5. The fourth-order valence-electron chi connectivity index (χ4n) is 5.09. The molecular formula is C39H63BN17O10. The molecule has 3 unspecified atom stereocenters. The van der Waals surface area contributed by atoms with Crippen LogP contribution in [0, 0.1) is 12.8 Å². The summed E-state index contributed by atoms with van der Waals surface area (Å²) in [6, 6.07) is -0.825. The van der Waals surface area contributed by atoms with Crippen LogP contribution >= 0.6 is 0 Å². The van der Waals surface area contributed by atoms with Crippen LogP contribution in [0.25, 0.3) is 0 Å². The second-order valence-electron chi connectivity index (χ2n) is 14.6. The lowest BCUT2D eigenvalue weighted by molar-refractivity contribution is -0.120. The summed E-state index contributed by atoms with van der Waals surface area (Å²) in [6.45, 7) is 8.06. The zero-order valence-corrected chi connectivity index (χ0v) is 38.6. The van der Waals surface area contributed by atoms with E-state index in [0.29, 0.717) is 94.0 Å². The number of aromatic nitrogens is 12. The Morgan fingerprint density at radius 2 is 0.910 bits per heavy atom. The molecule has 28 heteroatoms. The average Bonchev–Trinajstić information content (AvgIpc) is 3.31. The van der Waals surface area contributed by atoms with E-state index in [1.807, 2.05) is 0 Å². The third kappa shape index (κ3) is 32.6. The van der Waals surface area contributed by atoms with Crippen LogP contribution in [0.2, 0.25) is 6.32 Å². The maximum absolute atomic E-state index is 11.5. The van der Waals surface area contributed by atoms with Crippen molar-refractivity contribution in [1.29, 1.82) is 0 Å². The molecule has 0 saturated heterocycles. The van der Waals surface area contributed by atoms with E-state index in [2.05, 4.69) is 77.1 Å². The van der Waals surface area contributed by atoms with Gasteiger partial charge in [0.15, 0.2) is 43.2 Å². The summed E-state index contributed by atoms with van der Waals surface area (Å²) >= 11 is 0. The molecule has 367 valence electrons. The molecule has 67 heavy (non-hydrogen) atoms. The number of amides is 3. The number of unbranched alkanes of at least 4 members (excludes halogenated alkanes) is 3. The van der Waals surface area contributed by atoms with Gasteiger partial charge in [-0.15, -0.1) is 61.2 Å². The first-order chi connectivity index (χ1) is 32.2. The fraction of sp³-hybridized carbons (Fsp3) is 0.667. The number of carbonyl (C=O) groups excluding carboxylic acids is 7. The minimum Gasteiger partial charge on any atom is -0.449 e. The van der Waals surface area contributed by atoms with Crippen LogP contribution in [0.5, 0.6) is 0 Å². The summed E-state index contributed by atoms with van der Waals surface area (Å²) in [4.78, 5) is 77.8. The van der Waals surface area contributed by atoms with Gasteiger partial charge in [0.25, 0.3) is 0 Å². The van der Waals surface area contributed by atoms with Crippen molar-refractivity contribution in [1.82, 2.24) is 77.1 Å². The van der Waals surface area contributed by atoms with Crippen molar-refractivity contribution in [3.8, 4) is 0 Å². The number of Topliss-reactive ketones (excluding diaryl/α,β-unsaturated/α-hetero) is 3. The van der Waals surface area contributed by atoms with Crippen LogP contribution in [-0.2, 0) is 52.7 Å². The Hall–Kier alpha value is -6.71. The molecule has 3 rings (SSSR count). The molecule has 3 aromatic heterocycles. The molecule has 0 bridgehead atoms. The van der Waals surface area contributed by atoms with E-state index in [0.717, 1.165) is 38.5 Å². The van der Waals surface area contributed by atoms with E-state index in [1.165, 1.54) is 40.7 Å². The molecule has 27 nitrogen and oxygen atoms in total. The van der Waals surface area contributed by atoms with Crippen molar-refractivity contribution in [2.45, 2.75) is 123 Å². The normalized spacial score (nSPS) is 11.6. The lowest BCUT2D eigenvalue weighted by atomic mass is 9.69. The number of rotatable bonds is 30. The fourth-order valence-corrected chi connectivity index (χ4v) is 5.09. The molecule has 0 aromatic carbocycles. The monoisotopic (exact) mass is 941 g/mol. The molecule has 3 aromatic rings. The Morgan fingerprint density at radius 3 is 1.25 bits per heavy atom. The standard InChI is InChI=1S/C14H21BN5O4.C13H22N6O3.C12H20N6O3/c1-11(22)12(8-15-9-21)4-2-3-6-16-14(23)24-7-5-13-19-17-10-18-20-13;1-9(20)11(14)5-3-4-7-15-13(21)22-8-6-12-18-16-10(2)17-19-12;1-9(19)10(13)4-2-3-6-14-12(20)21-7-5-11-17-15-8-16-18-11/h9-10,12H,2-8H2,1H3,(H,16,23);11H,3-8,14H2,1-2H3,(H,15,21);8,10H,2-7,13H2,1H3,(H,14,20). The number of ketones is 3. The molecule has 7 N–H and O–H groups in total. The number of aryl methyl sites for hydroxylation is 1. The van der Waals surface area contributed by atoms with Gasteiger partial charge in [-0.3, -0.25) is 14.4 Å². The van der Waals surface area contributed by atoms with Crippen LogP contribution in [0.3, 0.4) is 0 Å². The number of alkyl carbamates (subject to hydrolysis) is 3. The van der Waals surface area contributed by atoms with E-state index in [-0.39, 0.29) is 43.1 Å². The first-order valence-electron chi connectivity index (χ1n) is 21.7. The van der Waals surface area contributed by atoms with Gasteiger partial charge in [-0.1, -0.05) is 12.7 Å². The molecular weight excluding hydrogens is 877 g/mol. The smallest absolute Gasteiger partial charge is 0.407 e. The third-order valence-electron chi connectivity index (χ3n) is 9.00. The van der Waals surface area contributed by atoms with Crippen molar-refractivity contribution < 1.29 is 47.8 Å². The molecule has 0 spiro atoms. The van der Waals surface area contributed by atoms with E-state index >= 15 is 0 Å². The van der Waals surface area contributed by atoms with E-state index in [4.69, 9.17) is 25.7 Å². The van der Waals surface area contributed by atoms with Gasteiger partial charge in [0.1, 0.15) is 37.2 Å². The Labute approximate surface area is 389 Å². The van der Waals surface area contributed by atoms with Crippen molar-refractivity contribution in [3.05, 3.63) is 36.0 Å². The molecule has 0 aliphatic carbocycles. The van der Waals surface area contributed by atoms with Crippen molar-refractivity contribution >= 4 is 49.1 Å². The van der Waals surface area contributed by atoms with Gasteiger partial charge in [-0.05, 0) is 79.1 Å². The zero-order chi connectivity index (χ0) is 49.5. The van der Waals surface area contributed by atoms with Crippen LogP contribution in [0.15, 0.2) is 12.7 Å². The number of carbonyl (C=O) groups is 7. The molecule has 3 atom stereocenters. The van der Waals surface area contributed by atoms with Gasteiger partial charge in [-0.25, -0.2) is 14.4 Å². The Morgan fingerprint density at radius 1 is 0.552 bits per heavy atom. The van der Waals surface area contributed by atoms with Crippen LogP contribution < -0.4 is 27.4 Å². The minimum atomic E-state index is -0.510. The van der Waals surface area contributed by atoms with E-state index < -0.39 is 30.4 Å². The largest absolute Gasteiger partial charge is 0.449 e. The van der Waals surface area contributed by atoms with E-state index in [1.54, 1.807) is 6.92 Å². The van der Waals surface area contributed by atoms with Gasteiger partial charge in [0.05, 0.1) is 18.3 Å². The quantitative estimate of drug-likeness (QED) is 0.0249. The maximum Gasteiger partial charge on any atom is 0.407 e. The Balaban J connectivity index is 0.000000504. The number of hydrogen-bond acceptors (Lipinski definition) is 24. The Kier molecular flexibility index (Phi) is 32.6. The minimum absolute atomic E-state index is 0.0188. The van der Waals surface area contributed by atoms with Gasteiger partial charge < -0.3 is 46.4 Å². The molecule has 0 saturated carbocycles. The van der Waals surface area contributed by atoms with Gasteiger partial charge >= 0.3 is 18.3 Å². The van der Waals surface area contributed by atoms with Gasteiger partial charge in [-0.2, -0.15) is 0 Å². The topological polar surface area (TPSA) is 390 Å². The third-order valence-corrected chi connectivity index (χ3v) is 9.00. The summed E-state index contributed by atoms with van der Waals surface area (Å²) in [6.07, 6.45) is 9.70. The first kappa shape index (κ1) is 58.3. The second-order valence-corrected chi connectivity index (χ2v) is 14.6. The van der Waals surface area contributed by atoms with Crippen molar-refractivity contribution in [2.75, 3.05) is 39.5 Å². The number of nitrogens with zero attached hydrogens (tertiary/aromatic N) is 12. The summed E-state index contributed by atoms with van der Waals surface area (Å²) < 4.78 is 14.9. The number of nitrogens with two attached hydrogens (primary N) is 2. The predicted octanol–water partition coefficient (Wildman–Crippen LogP) is -0.224. The van der Waals surface area contributed by atoms with Crippen molar-refractivity contribution in [2.24, 2.45) is 17.4 Å². The Bertz CT molecular complexity index is 1860. The summed E-state index contributed by atoms with van der Waals surface area (Å²) in [5.74, 6) is 1.66. The molecule has 1 radical (unpaired) electrons.